The van der Waals surface area contributed by atoms with Gasteiger partial charge in [-0.05, 0) is 67.0 Å². The summed E-state index contributed by atoms with van der Waals surface area (Å²) in [5.41, 5.74) is 13.5. The smallest absolute Gasteiger partial charge is 0.0717 e. The Morgan fingerprint density at radius 3 is 2.00 bits per heavy atom. The number of aliphatic hydroxyl groups excluding tert-OH is 1. The Morgan fingerprint density at radius 1 is 0.963 bits per heavy atom. The maximum Gasteiger partial charge on any atom is 0.0717 e. The molecule has 27 heavy (non-hydrogen) atoms. The molecule has 2 saturated carbocycles. The maximum atomic E-state index is 8.84. The molecule has 0 radical (unpaired) electrons. The molecule has 0 spiro atoms. The minimum Gasteiger partial charge on any atom is -0.396 e. The molecule has 1 aromatic rings. The second-order valence-electron chi connectivity index (χ2n) is 8.62. The van der Waals surface area contributed by atoms with Crippen molar-refractivity contribution >= 4 is 0 Å². The highest BCUT2D eigenvalue weighted by Gasteiger charge is 2.52. The molecular weight excluding hydrogens is 336 g/mol. The van der Waals surface area contributed by atoms with Gasteiger partial charge in [-0.2, -0.15) is 0 Å². The van der Waals surface area contributed by atoms with E-state index in [0.717, 1.165) is 32.7 Å². The molecule has 0 bridgehead atoms. The molecule has 0 saturated heterocycles. The van der Waals surface area contributed by atoms with Crippen molar-refractivity contribution in [3.63, 3.8) is 0 Å². The molecule has 4 nitrogen and oxygen atoms in total. The van der Waals surface area contributed by atoms with Gasteiger partial charge in [-0.25, -0.2) is 0 Å². The monoisotopic (exact) mass is 376 g/mol. The predicted octanol–water partition coefficient (Wildman–Crippen LogP) is 3.71. The summed E-state index contributed by atoms with van der Waals surface area (Å²) in [7, 11) is 0. The van der Waals surface area contributed by atoms with Crippen LogP contribution in [0.15, 0.2) is 30.3 Å². The topological polar surface area (TPSA) is 81.5 Å². The SMILES string of the molecule is CCC[C@@]1(CN)C[C@@H]1CO.CCC[C@@]1(CN)C[C@@H]1COCc1ccccc1. The normalized spacial score (nSPS) is 31.1. The van der Waals surface area contributed by atoms with E-state index in [1.807, 2.05) is 6.07 Å². The third-order valence-corrected chi connectivity index (χ3v) is 6.68. The lowest BCUT2D eigenvalue weighted by Crippen LogP contribution is -2.19. The zero-order chi connectivity index (χ0) is 19.8. The fourth-order valence-electron chi connectivity index (χ4n) is 4.56. The highest BCUT2D eigenvalue weighted by Crippen LogP contribution is 2.55. The second kappa shape index (κ2) is 10.6. The molecule has 2 aliphatic carbocycles. The third-order valence-electron chi connectivity index (χ3n) is 6.68. The van der Waals surface area contributed by atoms with Crippen molar-refractivity contribution in [2.45, 2.75) is 59.0 Å². The summed E-state index contributed by atoms with van der Waals surface area (Å²) in [4.78, 5) is 0. The van der Waals surface area contributed by atoms with E-state index in [-0.39, 0.29) is 0 Å². The number of hydrogen-bond donors (Lipinski definition) is 3. The summed E-state index contributed by atoms with van der Waals surface area (Å²) in [6.07, 6.45) is 7.26. The van der Waals surface area contributed by atoms with Crippen molar-refractivity contribution in [1.82, 2.24) is 0 Å². The van der Waals surface area contributed by atoms with Crippen LogP contribution >= 0.6 is 0 Å². The van der Waals surface area contributed by atoms with E-state index in [4.69, 9.17) is 21.3 Å². The van der Waals surface area contributed by atoms with Crippen molar-refractivity contribution < 1.29 is 9.84 Å². The Hall–Kier alpha value is -0.940. The van der Waals surface area contributed by atoms with Crippen LogP contribution in [-0.4, -0.2) is 31.4 Å². The third kappa shape index (κ3) is 6.02. The van der Waals surface area contributed by atoms with Crippen molar-refractivity contribution in [3.8, 4) is 0 Å². The van der Waals surface area contributed by atoms with Gasteiger partial charge < -0.3 is 21.3 Å². The van der Waals surface area contributed by atoms with Crippen LogP contribution in [0.4, 0.5) is 0 Å². The number of hydrogen-bond acceptors (Lipinski definition) is 4. The fraction of sp³-hybridized carbons (Fsp3) is 0.739. The highest BCUT2D eigenvalue weighted by molar-refractivity contribution is 5.13. The second-order valence-corrected chi connectivity index (χ2v) is 8.62. The lowest BCUT2D eigenvalue weighted by Gasteiger charge is -2.13. The molecule has 2 fully saturated rings. The molecular formula is C23H40N2O2. The van der Waals surface area contributed by atoms with Crippen molar-refractivity contribution in [3.05, 3.63) is 35.9 Å². The molecule has 1 aromatic carbocycles. The van der Waals surface area contributed by atoms with Crippen LogP contribution in [0.25, 0.3) is 0 Å². The van der Waals surface area contributed by atoms with Crippen LogP contribution in [0, 0.1) is 22.7 Å². The van der Waals surface area contributed by atoms with E-state index in [1.54, 1.807) is 0 Å². The van der Waals surface area contributed by atoms with Crippen molar-refractivity contribution in [2.75, 3.05) is 26.3 Å². The van der Waals surface area contributed by atoms with Gasteiger partial charge in [0.05, 0.1) is 13.2 Å². The molecule has 0 aliphatic heterocycles. The minimum atomic E-state index is 0.331. The highest BCUT2D eigenvalue weighted by atomic mass is 16.5. The van der Waals surface area contributed by atoms with Gasteiger partial charge in [0.15, 0.2) is 0 Å². The quantitative estimate of drug-likeness (QED) is 0.550. The van der Waals surface area contributed by atoms with Gasteiger partial charge in [0.1, 0.15) is 0 Å². The van der Waals surface area contributed by atoms with Gasteiger partial charge in [0.2, 0.25) is 0 Å². The molecule has 0 amide bonds. The zero-order valence-corrected chi connectivity index (χ0v) is 17.3. The summed E-state index contributed by atoms with van der Waals surface area (Å²) in [6, 6.07) is 10.4. The summed E-state index contributed by atoms with van der Waals surface area (Å²) in [6.45, 7) is 7.90. The fourth-order valence-corrected chi connectivity index (χ4v) is 4.56. The van der Waals surface area contributed by atoms with E-state index in [1.165, 1.54) is 37.7 Å². The van der Waals surface area contributed by atoms with Crippen LogP contribution < -0.4 is 11.5 Å². The standard InChI is InChI=1S/C15H23NO.C8H17NO/c1-2-8-15(12-16)9-14(15)11-17-10-13-6-4-3-5-7-13;1-2-3-8(6-9)4-7(8)5-10/h3-7,14H,2,8-12,16H2,1H3;7,10H,2-6,9H2,1H3/t14-,15+;7-,8+/m11/s1. The lowest BCUT2D eigenvalue weighted by atomic mass is 9.98. The summed E-state index contributed by atoms with van der Waals surface area (Å²) >= 11 is 0. The van der Waals surface area contributed by atoms with E-state index in [2.05, 4.69) is 38.1 Å². The first kappa shape index (κ1) is 22.4. The Kier molecular flexibility index (Phi) is 8.74. The van der Waals surface area contributed by atoms with Crippen LogP contribution in [-0.2, 0) is 11.3 Å². The Morgan fingerprint density at radius 2 is 1.52 bits per heavy atom. The number of aliphatic hydroxyl groups is 1. The van der Waals surface area contributed by atoms with Crippen LogP contribution in [0.2, 0.25) is 0 Å². The first-order valence-corrected chi connectivity index (χ1v) is 10.7. The first-order chi connectivity index (χ1) is 13.1. The average molecular weight is 377 g/mol. The molecule has 3 rings (SSSR count). The molecule has 0 unspecified atom stereocenters. The molecule has 4 heteroatoms. The Bertz CT molecular complexity index is 538. The summed E-state index contributed by atoms with van der Waals surface area (Å²) < 4.78 is 5.79. The number of ether oxygens (including phenoxy) is 1. The van der Waals surface area contributed by atoms with E-state index in [9.17, 15) is 0 Å². The van der Waals surface area contributed by atoms with Crippen LogP contribution in [0.5, 0.6) is 0 Å². The minimum absolute atomic E-state index is 0.331. The zero-order valence-electron chi connectivity index (χ0n) is 17.3. The predicted molar refractivity (Wildman–Crippen MR) is 112 cm³/mol. The molecule has 0 heterocycles. The maximum absolute atomic E-state index is 8.84. The Labute approximate surface area is 165 Å². The summed E-state index contributed by atoms with van der Waals surface area (Å²) in [5, 5.41) is 8.84. The van der Waals surface area contributed by atoms with Gasteiger partial charge in [-0.15, -0.1) is 0 Å². The van der Waals surface area contributed by atoms with Gasteiger partial charge >= 0.3 is 0 Å². The lowest BCUT2D eigenvalue weighted by molar-refractivity contribution is 0.100. The van der Waals surface area contributed by atoms with E-state index in [0.29, 0.717) is 29.3 Å². The molecule has 4 atom stereocenters. The Balaban J connectivity index is 0.000000223. The first-order valence-electron chi connectivity index (χ1n) is 10.7. The van der Waals surface area contributed by atoms with E-state index < -0.39 is 0 Å². The van der Waals surface area contributed by atoms with Crippen molar-refractivity contribution in [2.24, 2.45) is 34.1 Å². The molecule has 154 valence electrons. The largest absolute Gasteiger partial charge is 0.396 e. The van der Waals surface area contributed by atoms with Gasteiger partial charge in [0.25, 0.3) is 0 Å². The van der Waals surface area contributed by atoms with Gasteiger partial charge in [-0.3, -0.25) is 0 Å². The average Bonchev–Trinajstić information content (AvgIpc) is 3.59. The number of nitrogens with two attached hydrogens (primary N) is 2. The van der Waals surface area contributed by atoms with Crippen molar-refractivity contribution in [1.29, 1.82) is 0 Å². The van der Waals surface area contributed by atoms with Crippen LogP contribution in [0.3, 0.4) is 0 Å². The molecule has 0 aromatic heterocycles. The molecule has 5 N–H and O–H groups in total. The summed E-state index contributed by atoms with van der Waals surface area (Å²) in [5.74, 6) is 1.20. The van der Waals surface area contributed by atoms with Crippen LogP contribution in [0.1, 0.15) is 57.9 Å². The number of benzene rings is 1. The van der Waals surface area contributed by atoms with E-state index >= 15 is 0 Å². The van der Waals surface area contributed by atoms with Gasteiger partial charge in [0, 0.05) is 6.61 Å². The number of rotatable bonds is 11. The molecule has 2 aliphatic rings. The van der Waals surface area contributed by atoms with Gasteiger partial charge in [-0.1, -0.05) is 57.0 Å².